The van der Waals surface area contributed by atoms with E-state index in [1.807, 2.05) is 48.3 Å². The molecule has 0 unspecified atom stereocenters. The Morgan fingerprint density at radius 3 is 2.16 bits per heavy atom. The minimum absolute atomic E-state index is 0. The Hall–Kier alpha value is -2.73. The molecule has 0 N–H and O–H groups in total. The fourth-order valence-electron chi connectivity index (χ4n) is 2.69. The Labute approximate surface area is 152 Å². The van der Waals surface area contributed by atoms with E-state index in [-0.39, 0.29) is 12.4 Å². The lowest BCUT2D eigenvalue weighted by molar-refractivity contribution is 0.327. The van der Waals surface area contributed by atoms with Gasteiger partial charge in [-0.05, 0) is 18.2 Å². The van der Waals surface area contributed by atoms with Gasteiger partial charge in [0, 0.05) is 12.7 Å². The molecule has 1 heterocycles. The quantitative estimate of drug-likeness (QED) is 0.688. The van der Waals surface area contributed by atoms with Gasteiger partial charge in [0.2, 0.25) is 5.75 Å². The maximum Gasteiger partial charge on any atom is 0.205 e. The lowest BCUT2D eigenvalue weighted by Gasteiger charge is -2.21. The molecule has 7 heteroatoms. The third kappa shape index (κ3) is 3.25. The number of halogens is 1. The number of aromatic nitrogens is 2. The Balaban J connectivity index is 0.00000225. The first-order valence-corrected chi connectivity index (χ1v) is 7.43. The summed E-state index contributed by atoms with van der Waals surface area (Å²) in [5.74, 6) is 2.36. The summed E-state index contributed by atoms with van der Waals surface area (Å²) in [6.07, 6.45) is 1.52. The maximum absolute atomic E-state index is 5.52. The second-order valence-corrected chi connectivity index (χ2v) is 5.13. The number of ether oxygens (including phenoxy) is 3. The SMILES string of the molecule is COc1cc2c(N(C)c3ccccc3)ncnc2c(OC)c1OC.Cl. The van der Waals surface area contributed by atoms with Gasteiger partial charge >= 0.3 is 0 Å². The number of para-hydroxylation sites is 1. The molecule has 0 aliphatic carbocycles. The van der Waals surface area contributed by atoms with Crippen LogP contribution in [0.4, 0.5) is 11.5 Å². The fourth-order valence-corrected chi connectivity index (χ4v) is 2.69. The van der Waals surface area contributed by atoms with Crippen molar-refractivity contribution in [2.45, 2.75) is 0 Å². The van der Waals surface area contributed by atoms with Crippen molar-refractivity contribution in [1.29, 1.82) is 0 Å². The third-order valence-corrected chi connectivity index (χ3v) is 3.87. The summed E-state index contributed by atoms with van der Waals surface area (Å²) in [5, 5.41) is 0.818. The smallest absolute Gasteiger partial charge is 0.205 e. The highest BCUT2D eigenvalue weighted by Gasteiger charge is 2.20. The summed E-state index contributed by atoms with van der Waals surface area (Å²) in [7, 11) is 6.71. The number of methoxy groups -OCH3 is 3. The summed E-state index contributed by atoms with van der Waals surface area (Å²) in [6.45, 7) is 0. The highest BCUT2D eigenvalue weighted by Crippen LogP contribution is 2.44. The maximum atomic E-state index is 5.52. The van der Waals surface area contributed by atoms with Crippen molar-refractivity contribution >= 4 is 34.8 Å². The van der Waals surface area contributed by atoms with Gasteiger partial charge in [-0.15, -0.1) is 12.4 Å². The van der Waals surface area contributed by atoms with Crippen LogP contribution in [0.2, 0.25) is 0 Å². The van der Waals surface area contributed by atoms with Crippen molar-refractivity contribution < 1.29 is 14.2 Å². The molecule has 25 heavy (non-hydrogen) atoms. The Kier molecular flexibility index (Phi) is 5.88. The number of fused-ring (bicyclic) bond motifs is 1. The van der Waals surface area contributed by atoms with E-state index in [0.29, 0.717) is 22.8 Å². The molecule has 0 spiro atoms. The van der Waals surface area contributed by atoms with Crippen molar-refractivity contribution in [1.82, 2.24) is 9.97 Å². The first-order valence-electron chi connectivity index (χ1n) is 7.43. The van der Waals surface area contributed by atoms with Gasteiger partial charge in [0.15, 0.2) is 11.5 Å². The fraction of sp³-hybridized carbons (Fsp3) is 0.222. The van der Waals surface area contributed by atoms with E-state index in [4.69, 9.17) is 14.2 Å². The molecule has 0 amide bonds. The zero-order chi connectivity index (χ0) is 17.1. The Morgan fingerprint density at radius 2 is 1.56 bits per heavy atom. The van der Waals surface area contributed by atoms with Crippen molar-refractivity contribution in [3.05, 3.63) is 42.7 Å². The second-order valence-electron chi connectivity index (χ2n) is 5.13. The van der Waals surface area contributed by atoms with Crippen LogP contribution in [-0.2, 0) is 0 Å². The molecule has 3 aromatic rings. The van der Waals surface area contributed by atoms with Crippen molar-refractivity contribution in [3.8, 4) is 17.2 Å². The van der Waals surface area contributed by atoms with Gasteiger partial charge in [0.05, 0.1) is 26.7 Å². The molecule has 0 aliphatic rings. The van der Waals surface area contributed by atoms with Gasteiger partial charge < -0.3 is 19.1 Å². The van der Waals surface area contributed by atoms with E-state index in [2.05, 4.69) is 9.97 Å². The van der Waals surface area contributed by atoms with Gasteiger partial charge in [-0.25, -0.2) is 9.97 Å². The van der Waals surface area contributed by atoms with Crippen LogP contribution in [0.25, 0.3) is 10.9 Å². The molecule has 0 saturated heterocycles. The second kappa shape index (κ2) is 7.90. The number of anilines is 2. The molecule has 132 valence electrons. The van der Waals surface area contributed by atoms with Gasteiger partial charge in [-0.2, -0.15) is 0 Å². The zero-order valence-electron chi connectivity index (χ0n) is 14.5. The van der Waals surface area contributed by atoms with E-state index in [1.165, 1.54) is 6.33 Å². The monoisotopic (exact) mass is 361 g/mol. The average Bonchev–Trinajstić information content (AvgIpc) is 2.65. The van der Waals surface area contributed by atoms with Crippen LogP contribution in [0.5, 0.6) is 17.2 Å². The normalized spacial score (nSPS) is 10.1. The molecule has 0 saturated carbocycles. The van der Waals surface area contributed by atoms with Crippen LogP contribution in [0.3, 0.4) is 0 Å². The first-order chi connectivity index (χ1) is 11.7. The van der Waals surface area contributed by atoms with E-state index in [9.17, 15) is 0 Å². The summed E-state index contributed by atoms with van der Waals surface area (Å²) in [6, 6.07) is 11.9. The molecule has 3 rings (SSSR count). The Morgan fingerprint density at radius 1 is 0.880 bits per heavy atom. The molecular formula is C18H20ClN3O3. The summed E-state index contributed by atoms with van der Waals surface area (Å²) in [5.41, 5.74) is 1.69. The molecule has 0 aliphatic heterocycles. The van der Waals surface area contributed by atoms with Crippen LogP contribution in [0.1, 0.15) is 0 Å². The number of nitrogens with zero attached hydrogens (tertiary/aromatic N) is 3. The first kappa shape index (κ1) is 18.6. The van der Waals surface area contributed by atoms with Crippen LogP contribution < -0.4 is 19.1 Å². The predicted molar refractivity (Wildman–Crippen MR) is 101 cm³/mol. The zero-order valence-corrected chi connectivity index (χ0v) is 15.3. The number of rotatable bonds is 5. The number of benzene rings is 2. The predicted octanol–water partition coefficient (Wildman–Crippen LogP) is 3.85. The summed E-state index contributed by atoms with van der Waals surface area (Å²) >= 11 is 0. The van der Waals surface area contributed by atoms with Crippen molar-refractivity contribution in [2.24, 2.45) is 0 Å². The summed E-state index contributed by atoms with van der Waals surface area (Å²) in [4.78, 5) is 10.8. The number of hydrogen-bond acceptors (Lipinski definition) is 6. The molecule has 0 fully saturated rings. The highest BCUT2D eigenvalue weighted by atomic mass is 35.5. The van der Waals surface area contributed by atoms with Gasteiger partial charge in [0.1, 0.15) is 17.7 Å². The Bertz CT molecular complexity index is 859. The molecule has 1 aromatic heterocycles. The topological polar surface area (TPSA) is 56.7 Å². The van der Waals surface area contributed by atoms with E-state index >= 15 is 0 Å². The average molecular weight is 362 g/mol. The largest absolute Gasteiger partial charge is 0.493 e. The van der Waals surface area contributed by atoms with Crippen LogP contribution >= 0.6 is 12.4 Å². The lowest BCUT2D eigenvalue weighted by atomic mass is 10.1. The molecule has 0 bridgehead atoms. The van der Waals surface area contributed by atoms with Crippen LogP contribution in [0.15, 0.2) is 42.7 Å². The van der Waals surface area contributed by atoms with E-state index < -0.39 is 0 Å². The molecule has 0 atom stereocenters. The van der Waals surface area contributed by atoms with E-state index in [1.54, 1.807) is 21.3 Å². The van der Waals surface area contributed by atoms with Crippen molar-refractivity contribution in [3.63, 3.8) is 0 Å². The van der Waals surface area contributed by atoms with Crippen molar-refractivity contribution in [2.75, 3.05) is 33.3 Å². The molecule has 6 nitrogen and oxygen atoms in total. The van der Waals surface area contributed by atoms with Crippen LogP contribution in [-0.4, -0.2) is 38.3 Å². The van der Waals surface area contributed by atoms with Gasteiger partial charge in [-0.3, -0.25) is 0 Å². The highest BCUT2D eigenvalue weighted by molar-refractivity contribution is 5.98. The van der Waals surface area contributed by atoms with E-state index in [0.717, 1.165) is 16.9 Å². The summed E-state index contributed by atoms with van der Waals surface area (Å²) < 4.78 is 16.4. The minimum atomic E-state index is 0. The van der Waals surface area contributed by atoms with Gasteiger partial charge in [-0.1, -0.05) is 18.2 Å². The van der Waals surface area contributed by atoms with Crippen LogP contribution in [0, 0.1) is 0 Å². The lowest BCUT2D eigenvalue weighted by Crippen LogP contribution is -2.12. The molecule has 2 aromatic carbocycles. The number of hydrogen-bond donors (Lipinski definition) is 0. The third-order valence-electron chi connectivity index (χ3n) is 3.87. The molecule has 0 radical (unpaired) electrons. The standard InChI is InChI=1S/C18H19N3O3.ClH/c1-21(12-8-6-5-7-9-12)18-13-10-14(22-2)16(23-3)17(24-4)15(13)19-11-20-18;/h5-11H,1-4H3;1H. The minimum Gasteiger partial charge on any atom is -0.493 e. The molecular weight excluding hydrogens is 342 g/mol. The van der Waals surface area contributed by atoms with Gasteiger partial charge in [0.25, 0.3) is 0 Å².